The van der Waals surface area contributed by atoms with Crippen molar-refractivity contribution in [1.29, 1.82) is 0 Å². The Kier molecular flexibility index (Phi) is 5.96. The van der Waals surface area contributed by atoms with Gasteiger partial charge in [-0.15, -0.1) is 0 Å². The first-order valence-corrected chi connectivity index (χ1v) is 17.4. The Bertz CT molecular complexity index is 3110. The summed E-state index contributed by atoms with van der Waals surface area (Å²) >= 11 is 0. The molecule has 3 heterocycles. The van der Waals surface area contributed by atoms with Crippen LogP contribution in [0.1, 0.15) is 0 Å². The zero-order valence-electron chi connectivity index (χ0n) is 27.5. The number of aromatic nitrogens is 1. The Morgan fingerprint density at radius 2 is 0.843 bits per heavy atom. The molecule has 0 N–H and O–H groups in total. The lowest BCUT2D eigenvalue weighted by Gasteiger charge is -2.11. The summed E-state index contributed by atoms with van der Waals surface area (Å²) in [6, 6.07) is 62.3. The Hall–Kier alpha value is -6.84. The first kappa shape index (κ1) is 28.0. The molecule has 0 saturated carbocycles. The normalized spacial score (nSPS) is 11.9. The Morgan fingerprint density at radius 3 is 1.57 bits per heavy atom. The molecule has 0 saturated heterocycles. The van der Waals surface area contributed by atoms with Crippen molar-refractivity contribution in [3.05, 3.63) is 176 Å². The minimum absolute atomic E-state index is 0.833. The van der Waals surface area contributed by atoms with Crippen molar-refractivity contribution in [2.75, 3.05) is 0 Å². The maximum Gasteiger partial charge on any atom is 0.147 e. The average Bonchev–Trinajstić information content (AvgIpc) is 3.87. The largest absolute Gasteiger partial charge is 0.455 e. The molecule has 0 unspecified atom stereocenters. The van der Waals surface area contributed by atoms with Gasteiger partial charge in [0.25, 0.3) is 0 Å². The maximum absolute atomic E-state index is 6.91. The van der Waals surface area contributed by atoms with Gasteiger partial charge in [-0.2, -0.15) is 0 Å². The van der Waals surface area contributed by atoms with Crippen molar-refractivity contribution in [3.8, 4) is 39.1 Å². The second-order valence-corrected chi connectivity index (χ2v) is 13.2. The van der Waals surface area contributed by atoms with Crippen LogP contribution in [0.3, 0.4) is 0 Å². The second-order valence-electron chi connectivity index (χ2n) is 13.2. The van der Waals surface area contributed by atoms with Gasteiger partial charge in [0, 0.05) is 43.6 Å². The van der Waals surface area contributed by atoms with Gasteiger partial charge in [0.1, 0.15) is 22.3 Å². The number of fused-ring (bicyclic) bond motifs is 9. The molecular weight excluding hydrogens is 623 g/mol. The van der Waals surface area contributed by atoms with Crippen LogP contribution in [-0.4, -0.2) is 4.57 Å². The van der Waals surface area contributed by atoms with Crippen LogP contribution < -0.4 is 0 Å². The van der Waals surface area contributed by atoms with E-state index >= 15 is 0 Å². The summed E-state index contributed by atoms with van der Waals surface area (Å²) < 4.78 is 16.0. The number of rotatable bonds is 4. The standard InChI is InChI=1S/C48H29NO2/c1-4-14-30(15-5-1)43-45-36-21-11-13-23-41(36)50-47(45)44(31-16-6-2-7-17-31)48-46(43)38-29-33(25-27-42(38)51-48)32-24-26-40-37(28-32)35-20-10-12-22-39(35)49(40)34-18-8-3-9-19-34/h1-29H. The number of nitrogens with zero attached hydrogens (tertiary/aromatic N) is 1. The molecule has 0 spiro atoms. The predicted octanol–water partition coefficient (Wildman–Crippen LogP) is 13.6. The molecule has 0 fully saturated rings. The molecule has 0 aliphatic rings. The molecule has 3 aromatic heterocycles. The third-order valence-electron chi connectivity index (χ3n) is 10.4. The first-order valence-electron chi connectivity index (χ1n) is 17.4. The molecule has 11 aromatic rings. The molecule has 0 bridgehead atoms. The van der Waals surface area contributed by atoms with E-state index in [9.17, 15) is 0 Å². The third kappa shape index (κ3) is 4.12. The molecular formula is C48H29NO2. The highest BCUT2D eigenvalue weighted by Crippen LogP contribution is 2.51. The Morgan fingerprint density at radius 1 is 0.333 bits per heavy atom. The van der Waals surface area contributed by atoms with E-state index < -0.39 is 0 Å². The maximum atomic E-state index is 6.91. The van der Waals surface area contributed by atoms with Gasteiger partial charge in [-0.25, -0.2) is 0 Å². The van der Waals surface area contributed by atoms with Gasteiger partial charge in [-0.3, -0.25) is 0 Å². The fraction of sp³-hybridized carbons (Fsp3) is 0. The van der Waals surface area contributed by atoms with Crippen molar-refractivity contribution < 1.29 is 8.83 Å². The lowest BCUT2D eigenvalue weighted by atomic mass is 9.89. The van der Waals surface area contributed by atoms with Crippen molar-refractivity contribution in [3.63, 3.8) is 0 Å². The smallest absolute Gasteiger partial charge is 0.147 e. The van der Waals surface area contributed by atoms with Gasteiger partial charge in [-0.05, 0) is 70.8 Å². The summed E-state index contributed by atoms with van der Waals surface area (Å²) in [6.45, 7) is 0. The SMILES string of the molecule is c1ccc(-c2c3oc4ccccc4c3c(-c3ccccc3)c3c2oc2ccc(-c4ccc5c(c4)c4ccccc4n5-c4ccccc4)cc23)cc1. The molecule has 11 rings (SSSR count). The van der Waals surface area contributed by atoms with E-state index in [4.69, 9.17) is 8.83 Å². The lowest BCUT2D eigenvalue weighted by Crippen LogP contribution is -1.92. The molecule has 0 atom stereocenters. The molecule has 238 valence electrons. The van der Waals surface area contributed by atoms with E-state index in [-0.39, 0.29) is 0 Å². The minimum atomic E-state index is 0.833. The minimum Gasteiger partial charge on any atom is -0.455 e. The average molecular weight is 652 g/mol. The van der Waals surface area contributed by atoms with E-state index in [0.717, 1.165) is 82.9 Å². The van der Waals surface area contributed by atoms with Gasteiger partial charge in [0.05, 0.1) is 16.6 Å². The van der Waals surface area contributed by atoms with Crippen molar-refractivity contribution in [2.24, 2.45) is 0 Å². The first-order chi connectivity index (χ1) is 25.3. The highest BCUT2D eigenvalue weighted by molar-refractivity contribution is 6.30. The summed E-state index contributed by atoms with van der Waals surface area (Å²) in [4.78, 5) is 0. The van der Waals surface area contributed by atoms with Gasteiger partial charge >= 0.3 is 0 Å². The quantitative estimate of drug-likeness (QED) is 0.190. The molecule has 51 heavy (non-hydrogen) atoms. The van der Waals surface area contributed by atoms with Crippen LogP contribution in [0.15, 0.2) is 185 Å². The van der Waals surface area contributed by atoms with Crippen molar-refractivity contribution in [2.45, 2.75) is 0 Å². The number of hydrogen-bond acceptors (Lipinski definition) is 2. The zero-order valence-corrected chi connectivity index (χ0v) is 27.5. The lowest BCUT2D eigenvalue weighted by molar-refractivity contribution is 0.658. The topological polar surface area (TPSA) is 31.2 Å². The van der Waals surface area contributed by atoms with Crippen LogP contribution in [0.2, 0.25) is 0 Å². The van der Waals surface area contributed by atoms with Crippen LogP contribution in [-0.2, 0) is 0 Å². The van der Waals surface area contributed by atoms with E-state index in [1.165, 1.54) is 21.8 Å². The molecule has 8 aromatic carbocycles. The summed E-state index contributed by atoms with van der Waals surface area (Å²) in [6.07, 6.45) is 0. The van der Waals surface area contributed by atoms with Crippen LogP contribution in [0.25, 0.3) is 105 Å². The van der Waals surface area contributed by atoms with E-state index in [1.807, 2.05) is 12.1 Å². The summed E-state index contributed by atoms with van der Waals surface area (Å²) in [5.74, 6) is 0. The third-order valence-corrected chi connectivity index (χ3v) is 10.4. The molecule has 3 heteroatoms. The Balaban J connectivity index is 1.23. The fourth-order valence-electron chi connectivity index (χ4n) is 8.17. The van der Waals surface area contributed by atoms with Crippen LogP contribution in [0.5, 0.6) is 0 Å². The van der Waals surface area contributed by atoms with Crippen LogP contribution >= 0.6 is 0 Å². The van der Waals surface area contributed by atoms with Crippen molar-refractivity contribution in [1.82, 2.24) is 4.57 Å². The summed E-state index contributed by atoms with van der Waals surface area (Å²) in [5, 5.41) is 6.84. The predicted molar refractivity (Wildman–Crippen MR) is 212 cm³/mol. The highest BCUT2D eigenvalue weighted by atomic mass is 16.3. The van der Waals surface area contributed by atoms with E-state index in [0.29, 0.717) is 0 Å². The molecule has 0 amide bonds. The molecule has 0 radical (unpaired) electrons. The van der Waals surface area contributed by atoms with Crippen molar-refractivity contribution >= 4 is 65.7 Å². The number of benzene rings is 8. The van der Waals surface area contributed by atoms with E-state index in [2.05, 4.69) is 168 Å². The number of hydrogen-bond donors (Lipinski definition) is 0. The Labute approximate surface area is 293 Å². The number of furan rings is 2. The fourth-order valence-corrected chi connectivity index (χ4v) is 8.17. The summed E-state index contributed by atoms with van der Waals surface area (Å²) in [5.41, 5.74) is 13.5. The molecule has 0 aliphatic heterocycles. The second kappa shape index (κ2) is 10.8. The highest BCUT2D eigenvalue weighted by Gasteiger charge is 2.26. The monoisotopic (exact) mass is 651 g/mol. The van der Waals surface area contributed by atoms with Crippen LogP contribution in [0.4, 0.5) is 0 Å². The molecule has 0 aliphatic carbocycles. The number of para-hydroxylation sites is 3. The van der Waals surface area contributed by atoms with Gasteiger partial charge < -0.3 is 13.4 Å². The van der Waals surface area contributed by atoms with Gasteiger partial charge in [0.15, 0.2) is 0 Å². The molecule has 3 nitrogen and oxygen atoms in total. The van der Waals surface area contributed by atoms with Gasteiger partial charge in [-0.1, -0.05) is 127 Å². The van der Waals surface area contributed by atoms with E-state index in [1.54, 1.807) is 0 Å². The van der Waals surface area contributed by atoms with Crippen LogP contribution in [0, 0.1) is 0 Å². The van der Waals surface area contributed by atoms with Gasteiger partial charge in [0.2, 0.25) is 0 Å². The zero-order chi connectivity index (χ0) is 33.5. The summed E-state index contributed by atoms with van der Waals surface area (Å²) in [7, 11) is 0.